The molecule has 0 unspecified atom stereocenters. The number of fused-ring (bicyclic) bond motifs is 1. The van der Waals surface area contributed by atoms with Crippen LogP contribution in [-0.2, 0) is 19.8 Å². The summed E-state index contributed by atoms with van der Waals surface area (Å²) < 4.78 is 40.9. The molecule has 24 heavy (non-hydrogen) atoms. The van der Waals surface area contributed by atoms with Gasteiger partial charge in [-0.2, -0.15) is 13.2 Å². The average molecular weight is 333 g/mol. The van der Waals surface area contributed by atoms with Crippen LogP contribution in [0.15, 0.2) is 47.5 Å². The number of nitrogens with two attached hydrogens (primary N) is 1. The van der Waals surface area contributed by atoms with Gasteiger partial charge < -0.3 is 10.3 Å². The first-order valence-electron chi connectivity index (χ1n) is 7.17. The summed E-state index contributed by atoms with van der Waals surface area (Å²) in [5.41, 5.74) is 5.86. The van der Waals surface area contributed by atoms with Crippen molar-refractivity contribution in [2.24, 2.45) is 12.8 Å². The van der Waals surface area contributed by atoms with Crippen LogP contribution >= 0.6 is 0 Å². The average Bonchev–Trinajstić information content (AvgIpc) is 2.56. The van der Waals surface area contributed by atoms with Gasteiger partial charge >= 0.3 is 6.18 Å². The number of aryl methyl sites for hydroxylation is 1. The number of nitrogens with zero attached hydrogens (tertiary/aromatic N) is 2. The lowest BCUT2D eigenvalue weighted by atomic mass is 9.98. The highest BCUT2D eigenvalue weighted by atomic mass is 19.4. The summed E-state index contributed by atoms with van der Waals surface area (Å²) in [6.45, 7) is -0.190. The van der Waals surface area contributed by atoms with Crippen LogP contribution in [-0.4, -0.2) is 9.55 Å². The van der Waals surface area contributed by atoms with Crippen LogP contribution in [0.5, 0.6) is 0 Å². The quantitative estimate of drug-likeness (QED) is 0.784. The van der Waals surface area contributed by atoms with Gasteiger partial charge in [0.05, 0.1) is 22.8 Å². The van der Waals surface area contributed by atoms with E-state index in [1.165, 1.54) is 17.0 Å². The van der Waals surface area contributed by atoms with Gasteiger partial charge in [-0.15, -0.1) is 0 Å². The Hall–Kier alpha value is -2.67. The molecule has 0 aliphatic rings. The summed E-state index contributed by atoms with van der Waals surface area (Å²) in [5.74, 6) is 0. The Balaban J connectivity index is 2.17. The lowest BCUT2D eigenvalue weighted by Crippen LogP contribution is -2.16. The fourth-order valence-corrected chi connectivity index (χ4v) is 2.59. The molecule has 1 aromatic heterocycles. The Labute approximate surface area is 135 Å². The molecule has 0 aliphatic heterocycles. The first-order chi connectivity index (χ1) is 11.3. The van der Waals surface area contributed by atoms with Crippen LogP contribution in [0.4, 0.5) is 13.2 Å². The van der Waals surface area contributed by atoms with Gasteiger partial charge in [-0.05, 0) is 34.9 Å². The second-order valence-electron chi connectivity index (χ2n) is 5.47. The van der Waals surface area contributed by atoms with E-state index < -0.39 is 11.7 Å². The van der Waals surface area contributed by atoms with Crippen molar-refractivity contribution >= 4 is 10.9 Å². The second kappa shape index (κ2) is 5.76. The fourth-order valence-electron chi connectivity index (χ4n) is 2.59. The van der Waals surface area contributed by atoms with Crippen molar-refractivity contribution in [1.82, 2.24) is 9.55 Å². The van der Waals surface area contributed by atoms with Crippen molar-refractivity contribution in [3.8, 4) is 11.1 Å². The Morgan fingerprint density at radius 3 is 2.46 bits per heavy atom. The van der Waals surface area contributed by atoms with Gasteiger partial charge in [0.2, 0.25) is 0 Å². The van der Waals surface area contributed by atoms with E-state index in [9.17, 15) is 18.0 Å². The summed E-state index contributed by atoms with van der Waals surface area (Å²) in [6, 6.07) is 8.82. The van der Waals surface area contributed by atoms with Crippen molar-refractivity contribution in [2.45, 2.75) is 12.7 Å². The smallest absolute Gasteiger partial charge is 0.326 e. The third-order valence-electron chi connectivity index (χ3n) is 3.89. The standard InChI is InChI=1S/C17H14F3N3O/c1-23-9-22-15-7-11(4-5-13(15)16(23)24)10-2-3-12(8-21)14(6-10)17(18,19)20/h2-7,9H,8,21H2,1H3. The Morgan fingerprint density at radius 1 is 1.12 bits per heavy atom. The number of hydrogen-bond donors (Lipinski definition) is 1. The molecule has 0 saturated heterocycles. The molecule has 7 heteroatoms. The molecule has 124 valence electrons. The number of hydrogen-bond acceptors (Lipinski definition) is 3. The minimum absolute atomic E-state index is 0.0408. The topological polar surface area (TPSA) is 60.9 Å². The fraction of sp³-hybridized carbons (Fsp3) is 0.176. The highest BCUT2D eigenvalue weighted by Crippen LogP contribution is 2.35. The van der Waals surface area contributed by atoms with Crippen LogP contribution in [0.2, 0.25) is 0 Å². The minimum Gasteiger partial charge on any atom is -0.326 e. The van der Waals surface area contributed by atoms with Crippen molar-refractivity contribution in [3.05, 3.63) is 64.2 Å². The molecule has 1 heterocycles. The Bertz CT molecular complexity index is 977. The predicted octanol–water partition coefficient (Wildman–Crippen LogP) is 3.08. The van der Waals surface area contributed by atoms with Crippen LogP contribution in [0, 0.1) is 0 Å². The molecular weight excluding hydrogens is 319 g/mol. The van der Waals surface area contributed by atoms with Crippen LogP contribution < -0.4 is 11.3 Å². The number of rotatable bonds is 2. The molecule has 0 bridgehead atoms. The zero-order valence-corrected chi connectivity index (χ0v) is 12.8. The first-order valence-corrected chi connectivity index (χ1v) is 7.17. The summed E-state index contributed by atoms with van der Waals surface area (Å²) >= 11 is 0. The van der Waals surface area contributed by atoms with E-state index in [0.717, 1.165) is 6.07 Å². The number of halogens is 3. The first kappa shape index (κ1) is 16.2. The second-order valence-corrected chi connectivity index (χ2v) is 5.47. The van der Waals surface area contributed by atoms with E-state index in [1.807, 2.05) is 0 Å². The van der Waals surface area contributed by atoms with Gasteiger partial charge in [0.15, 0.2) is 0 Å². The maximum Gasteiger partial charge on any atom is 0.416 e. The van der Waals surface area contributed by atoms with Crippen LogP contribution in [0.1, 0.15) is 11.1 Å². The van der Waals surface area contributed by atoms with Crippen LogP contribution in [0.25, 0.3) is 22.0 Å². The molecule has 2 N–H and O–H groups in total. The molecule has 0 fully saturated rings. The van der Waals surface area contributed by atoms with Gasteiger partial charge in [-0.1, -0.05) is 18.2 Å². The minimum atomic E-state index is -4.48. The van der Waals surface area contributed by atoms with Crippen molar-refractivity contribution < 1.29 is 13.2 Å². The van der Waals surface area contributed by atoms with Gasteiger partial charge in [-0.25, -0.2) is 4.98 Å². The van der Waals surface area contributed by atoms with E-state index in [4.69, 9.17) is 5.73 Å². The zero-order chi connectivity index (χ0) is 17.5. The molecule has 4 nitrogen and oxygen atoms in total. The highest BCUT2D eigenvalue weighted by molar-refractivity contribution is 5.83. The molecule has 3 rings (SSSR count). The van der Waals surface area contributed by atoms with Crippen molar-refractivity contribution in [1.29, 1.82) is 0 Å². The lowest BCUT2D eigenvalue weighted by Gasteiger charge is -2.14. The third-order valence-corrected chi connectivity index (χ3v) is 3.89. The predicted molar refractivity (Wildman–Crippen MR) is 85.3 cm³/mol. The van der Waals surface area contributed by atoms with Gasteiger partial charge in [-0.3, -0.25) is 4.79 Å². The SMILES string of the molecule is Cn1cnc2cc(-c3ccc(CN)c(C(F)(F)F)c3)ccc2c1=O. The number of alkyl halides is 3. The molecule has 0 radical (unpaired) electrons. The summed E-state index contributed by atoms with van der Waals surface area (Å²) in [6.07, 6.45) is -3.09. The maximum absolute atomic E-state index is 13.2. The normalized spacial score (nSPS) is 11.9. The Kier molecular flexibility index (Phi) is 3.88. The van der Waals surface area contributed by atoms with E-state index in [-0.39, 0.29) is 17.7 Å². The third kappa shape index (κ3) is 2.78. The van der Waals surface area contributed by atoms with E-state index in [0.29, 0.717) is 22.0 Å². The molecular formula is C17H14F3N3O. The summed E-state index contributed by atoms with van der Waals surface area (Å²) in [7, 11) is 1.59. The van der Waals surface area contributed by atoms with Crippen molar-refractivity contribution in [3.63, 3.8) is 0 Å². The molecule has 0 amide bonds. The monoisotopic (exact) mass is 333 g/mol. The van der Waals surface area contributed by atoms with E-state index >= 15 is 0 Å². The molecule has 2 aromatic carbocycles. The molecule has 0 aliphatic carbocycles. The molecule has 3 aromatic rings. The summed E-state index contributed by atoms with van der Waals surface area (Å²) in [5, 5.41) is 0.415. The number of benzene rings is 2. The van der Waals surface area contributed by atoms with Gasteiger partial charge in [0, 0.05) is 13.6 Å². The van der Waals surface area contributed by atoms with Gasteiger partial charge in [0.25, 0.3) is 5.56 Å². The summed E-state index contributed by atoms with van der Waals surface area (Å²) in [4.78, 5) is 16.2. The largest absolute Gasteiger partial charge is 0.416 e. The van der Waals surface area contributed by atoms with E-state index in [2.05, 4.69) is 4.98 Å². The van der Waals surface area contributed by atoms with Gasteiger partial charge in [0.1, 0.15) is 0 Å². The van der Waals surface area contributed by atoms with E-state index in [1.54, 1.807) is 31.3 Å². The van der Waals surface area contributed by atoms with Crippen LogP contribution in [0.3, 0.4) is 0 Å². The molecule has 0 saturated carbocycles. The zero-order valence-electron chi connectivity index (χ0n) is 12.8. The van der Waals surface area contributed by atoms with Crippen molar-refractivity contribution in [2.75, 3.05) is 0 Å². The molecule has 0 atom stereocenters. The molecule has 0 spiro atoms. The number of aromatic nitrogens is 2. The highest BCUT2D eigenvalue weighted by Gasteiger charge is 2.33. The maximum atomic E-state index is 13.2. The lowest BCUT2D eigenvalue weighted by molar-refractivity contribution is -0.138. The Morgan fingerprint density at radius 2 is 1.79 bits per heavy atom.